The zero-order valence-electron chi connectivity index (χ0n) is 12.2. The summed E-state index contributed by atoms with van der Waals surface area (Å²) in [5.74, 6) is 2.39. The third-order valence-corrected chi connectivity index (χ3v) is 4.53. The van der Waals surface area contributed by atoms with E-state index < -0.39 is 0 Å². The molecule has 0 saturated heterocycles. The van der Waals surface area contributed by atoms with Crippen LogP contribution >= 0.6 is 11.6 Å². The Kier molecular flexibility index (Phi) is 4.91. The van der Waals surface area contributed by atoms with Gasteiger partial charge in [-0.2, -0.15) is 4.98 Å². The highest BCUT2D eigenvalue weighted by Gasteiger charge is 2.15. The van der Waals surface area contributed by atoms with Crippen molar-refractivity contribution in [2.45, 2.75) is 51.4 Å². The van der Waals surface area contributed by atoms with Gasteiger partial charge in [0.05, 0.1) is 0 Å². The molecule has 0 aliphatic heterocycles. The minimum Gasteiger partial charge on any atom is -0.339 e. The predicted molar refractivity (Wildman–Crippen MR) is 83.5 cm³/mol. The zero-order valence-corrected chi connectivity index (χ0v) is 13.0. The molecule has 0 bridgehead atoms. The maximum atomic E-state index is 5.88. The third kappa shape index (κ3) is 4.31. The molecule has 1 heterocycles. The average Bonchev–Trinajstić information content (AvgIpc) is 2.96. The van der Waals surface area contributed by atoms with Gasteiger partial charge >= 0.3 is 0 Å². The number of hydrogen-bond acceptors (Lipinski definition) is 3. The molecule has 0 unspecified atom stereocenters. The topological polar surface area (TPSA) is 38.9 Å². The summed E-state index contributed by atoms with van der Waals surface area (Å²) in [4.78, 5) is 4.50. The fourth-order valence-electron chi connectivity index (χ4n) is 3.05. The Morgan fingerprint density at radius 1 is 1.10 bits per heavy atom. The Morgan fingerprint density at radius 2 is 1.86 bits per heavy atom. The highest BCUT2D eigenvalue weighted by atomic mass is 35.5. The largest absolute Gasteiger partial charge is 0.339 e. The van der Waals surface area contributed by atoms with Crippen molar-refractivity contribution < 1.29 is 4.52 Å². The SMILES string of the molecule is Clc1ccc(Cc2noc(CCC3CCCCC3)n2)cc1. The Labute approximate surface area is 130 Å². The van der Waals surface area contributed by atoms with Crippen LogP contribution in [-0.4, -0.2) is 10.1 Å². The number of hydrogen-bond donors (Lipinski definition) is 0. The van der Waals surface area contributed by atoms with E-state index >= 15 is 0 Å². The molecule has 21 heavy (non-hydrogen) atoms. The van der Waals surface area contributed by atoms with E-state index in [1.807, 2.05) is 24.3 Å². The lowest BCUT2D eigenvalue weighted by Crippen LogP contribution is -2.07. The highest BCUT2D eigenvalue weighted by Crippen LogP contribution is 2.27. The van der Waals surface area contributed by atoms with E-state index in [0.29, 0.717) is 6.42 Å². The van der Waals surface area contributed by atoms with Crippen LogP contribution in [0.3, 0.4) is 0 Å². The van der Waals surface area contributed by atoms with Crippen LogP contribution in [0.2, 0.25) is 5.02 Å². The Morgan fingerprint density at radius 3 is 2.62 bits per heavy atom. The van der Waals surface area contributed by atoms with Crippen LogP contribution in [-0.2, 0) is 12.8 Å². The molecule has 1 aliphatic carbocycles. The summed E-state index contributed by atoms with van der Waals surface area (Å²) in [7, 11) is 0. The third-order valence-electron chi connectivity index (χ3n) is 4.28. The van der Waals surface area contributed by atoms with Gasteiger partial charge in [0.25, 0.3) is 0 Å². The van der Waals surface area contributed by atoms with Crippen LogP contribution < -0.4 is 0 Å². The molecule has 4 heteroatoms. The van der Waals surface area contributed by atoms with E-state index in [4.69, 9.17) is 16.1 Å². The molecule has 1 aromatic heterocycles. The van der Waals surface area contributed by atoms with Crippen LogP contribution in [0, 0.1) is 5.92 Å². The van der Waals surface area contributed by atoms with Gasteiger partial charge in [0.15, 0.2) is 5.82 Å². The molecule has 1 aromatic carbocycles. The van der Waals surface area contributed by atoms with Crippen LogP contribution in [0.1, 0.15) is 55.8 Å². The van der Waals surface area contributed by atoms with Gasteiger partial charge in [-0.05, 0) is 30.0 Å². The average molecular weight is 305 g/mol. The van der Waals surface area contributed by atoms with Crippen LogP contribution in [0.25, 0.3) is 0 Å². The van der Waals surface area contributed by atoms with Crippen molar-refractivity contribution in [3.05, 3.63) is 46.6 Å². The molecular formula is C17H21ClN2O. The summed E-state index contributed by atoms with van der Waals surface area (Å²) in [6.45, 7) is 0. The Balaban J connectivity index is 1.52. The molecule has 0 N–H and O–H groups in total. The fraction of sp³-hybridized carbons (Fsp3) is 0.529. The van der Waals surface area contributed by atoms with E-state index in [1.165, 1.54) is 38.5 Å². The van der Waals surface area contributed by atoms with Crippen molar-refractivity contribution >= 4 is 11.6 Å². The van der Waals surface area contributed by atoms with E-state index in [2.05, 4.69) is 10.1 Å². The van der Waals surface area contributed by atoms with Gasteiger partial charge in [0, 0.05) is 17.9 Å². The molecule has 0 atom stereocenters. The molecule has 0 amide bonds. The van der Waals surface area contributed by atoms with Crippen molar-refractivity contribution in [3.63, 3.8) is 0 Å². The number of halogens is 1. The lowest BCUT2D eigenvalue weighted by Gasteiger charge is -2.20. The van der Waals surface area contributed by atoms with Gasteiger partial charge < -0.3 is 4.52 Å². The first kappa shape index (κ1) is 14.6. The summed E-state index contributed by atoms with van der Waals surface area (Å²) in [6, 6.07) is 7.78. The number of nitrogens with zero attached hydrogens (tertiary/aromatic N) is 2. The summed E-state index contributed by atoms with van der Waals surface area (Å²) in [6.07, 6.45) is 9.71. The second-order valence-electron chi connectivity index (χ2n) is 5.95. The van der Waals surface area contributed by atoms with Crippen LogP contribution in [0.5, 0.6) is 0 Å². The highest BCUT2D eigenvalue weighted by molar-refractivity contribution is 6.30. The number of aryl methyl sites for hydroxylation is 1. The monoisotopic (exact) mass is 304 g/mol. The van der Waals surface area contributed by atoms with Gasteiger partial charge in [-0.1, -0.05) is 61.0 Å². The van der Waals surface area contributed by atoms with E-state index in [-0.39, 0.29) is 0 Å². The summed E-state index contributed by atoms with van der Waals surface area (Å²) >= 11 is 5.88. The minimum absolute atomic E-state index is 0.699. The summed E-state index contributed by atoms with van der Waals surface area (Å²) in [5.41, 5.74) is 1.15. The summed E-state index contributed by atoms with van der Waals surface area (Å²) in [5, 5.41) is 4.83. The van der Waals surface area contributed by atoms with Crippen molar-refractivity contribution in [1.29, 1.82) is 0 Å². The lowest BCUT2D eigenvalue weighted by atomic mass is 9.86. The molecule has 3 nitrogen and oxygen atoms in total. The Hall–Kier alpha value is -1.35. The molecule has 0 radical (unpaired) electrons. The first-order valence-electron chi connectivity index (χ1n) is 7.85. The lowest BCUT2D eigenvalue weighted by molar-refractivity contribution is 0.314. The van der Waals surface area contributed by atoms with Gasteiger partial charge in [0.1, 0.15) is 0 Å². The molecule has 0 spiro atoms. The molecule has 1 aliphatic rings. The zero-order chi connectivity index (χ0) is 14.5. The van der Waals surface area contributed by atoms with Crippen molar-refractivity contribution in [1.82, 2.24) is 10.1 Å². The van der Waals surface area contributed by atoms with E-state index in [0.717, 1.165) is 34.6 Å². The second-order valence-corrected chi connectivity index (χ2v) is 6.39. The molecule has 112 valence electrons. The minimum atomic E-state index is 0.699. The molecule has 3 rings (SSSR count). The maximum absolute atomic E-state index is 5.88. The van der Waals surface area contributed by atoms with E-state index in [9.17, 15) is 0 Å². The van der Waals surface area contributed by atoms with Crippen LogP contribution in [0.4, 0.5) is 0 Å². The standard InChI is InChI=1S/C17H21ClN2O/c18-15-9-6-14(7-10-15)12-16-19-17(21-20-16)11-8-13-4-2-1-3-5-13/h6-7,9-10,13H,1-5,8,11-12H2. The quantitative estimate of drug-likeness (QED) is 0.794. The van der Waals surface area contributed by atoms with Gasteiger partial charge in [0.2, 0.25) is 5.89 Å². The van der Waals surface area contributed by atoms with Gasteiger partial charge in [-0.15, -0.1) is 0 Å². The molecule has 2 aromatic rings. The van der Waals surface area contributed by atoms with Crippen molar-refractivity contribution in [3.8, 4) is 0 Å². The smallest absolute Gasteiger partial charge is 0.226 e. The number of benzene rings is 1. The molecule has 1 saturated carbocycles. The second kappa shape index (κ2) is 7.08. The normalized spacial score (nSPS) is 16.2. The number of aromatic nitrogens is 2. The maximum Gasteiger partial charge on any atom is 0.226 e. The summed E-state index contributed by atoms with van der Waals surface area (Å²) < 4.78 is 5.36. The van der Waals surface area contributed by atoms with Crippen LogP contribution in [0.15, 0.2) is 28.8 Å². The first-order chi connectivity index (χ1) is 10.3. The fourth-order valence-corrected chi connectivity index (χ4v) is 3.18. The molecule has 1 fully saturated rings. The van der Waals surface area contributed by atoms with Crippen molar-refractivity contribution in [2.24, 2.45) is 5.92 Å². The predicted octanol–water partition coefficient (Wildman–Crippen LogP) is 4.83. The van der Waals surface area contributed by atoms with Gasteiger partial charge in [-0.3, -0.25) is 0 Å². The Bertz CT molecular complexity index is 558. The van der Waals surface area contributed by atoms with Gasteiger partial charge in [-0.25, -0.2) is 0 Å². The van der Waals surface area contributed by atoms with Crippen molar-refractivity contribution in [2.75, 3.05) is 0 Å². The number of rotatable bonds is 5. The van der Waals surface area contributed by atoms with E-state index in [1.54, 1.807) is 0 Å². The first-order valence-corrected chi connectivity index (χ1v) is 8.23. The molecular weight excluding hydrogens is 284 g/mol.